The van der Waals surface area contributed by atoms with Crippen molar-refractivity contribution in [3.63, 3.8) is 0 Å². The van der Waals surface area contributed by atoms with Gasteiger partial charge in [-0.15, -0.1) is 0 Å². The number of halogens is 1. The van der Waals surface area contributed by atoms with Gasteiger partial charge in [-0.3, -0.25) is 0 Å². The first-order valence-corrected chi connectivity index (χ1v) is 6.99. The van der Waals surface area contributed by atoms with E-state index in [-0.39, 0.29) is 6.61 Å². The van der Waals surface area contributed by atoms with Crippen LogP contribution in [-0.2, 0) is 0 Å². The van der Waals surface area contributed by atoms with Gasteiger partial charge in [0.1, 0.15) is 0 Å². The number of nitrogens with one attached hydrogen (secondary N) is 1. The average Bonchev–Trinajstić information content (AvgIpc) is 2.48. The molecule has 0 radical (unpaired) electrons. The first-order valence-electron chi connectivity index (χ1n) is 6.20. The van der Waals surface area contributed by atoms with Gasteiger partial charge in [0.2, 0.25) is 0 Å². The molecule has 0 unspecified atom stereocenters. The summed E-state index contributed by atoms with van der Waals surface area (Å²) >= 11 is 11.3. The summed E-state index contributed by atoms with van der Waals surface area (Å²) in [6.07, 6.45) is 0. The van der Waals surface area contributed by atoms with E-state index in [9.17, 15) is 5.11 Å². The molecule has 5 heteroatoms. The van der Waals surface area contributed by atoms with E-state index in [1.807, 2.05) is 47.4 Å². The maximum Gasteiger partial charge on any atom is 0.178 e. The molecule has 0 aliphatic carbocycles. The van der Waals surface area contributed by atoms with E-state index in [4.69, 9.17) is 23.8 Å². The number of hydrogen-bond donors (Lipinski definition) is 2. The van der Waals surface area contributed by atoms with Crippen molar-refractivity contribution < 1.29 is 5.11 Å². The molecule has 0 atom stereocenters. The normalized spacial score (nSPS) is 10.1. The molecular weight excluding hydrogens is 292 g/mol. The lowest BCUT2D eigenvalue weighted by molar-refractivity contribution is 0.306. The van der Waals surface area contributed by atoms with Crippen molar-refractivity contribution in [1.29, 1.82) is 0 Å². The van der Waals surface area contributed by atoms with Crippen molar-refractivity contribution in [1.82, 2.24) is 0 Å². The Hall–Kier alpha value is -1.62. The van der Waals surface area contributed by atoms with Crippen molar-refractivity contribution in [2.75, 3.05) is 23.4 Å². The average molecular weight is 307 g/mol. The van der Waals surface area contributed by atoms with Crippen LogP contribution in [0.3, 0.4) is 0 Å². The summed E-state index contributed by atoms with van der Waals surface area (Å²) in [5.74, 6) is 0. The van der Waals surface area contributed by atoms with Gasteiger partial charge in [-0.2, -0.15) is 0 Å². The van der Waals surface area contributed by atoms with Gasteiger partial charge in [0, 0.05) is 22.9 Å². The van der Waals surface area contributed by atoms with Gasteiger partial charge in [-0.25, -0.2) is 0 Å². The van der Waals surface area contributed by atoms with Crippen molar-refractivity contribution in [2.45, 2.75) is 0 Å². The first-order chi connectivity index (χ1) is 9.70. The van der Waals surface area contributed by atoms with Crippen LogP contribution in [0.2, 0.25) is 5.02 Å². The van der Waals surface area contributed by atoms with Crippen LogP contribution in [0, 0.1) is 0 Å². The van der Waals surface area contributed by atoms with Crippen LogP contribution in [0.4, 0.5) is 11.4 Å². The van der Waals surface area contributed by atoms with Crippen molar-refractivity contribution in [3.8, 4) is 0 Å². The zero-order chi connectivity index (χ0) is 14.4. The molecule has 20 heavy (non-hydrogen) atoms. The third-order valence-electron chi connectivity index (χ3n) is 2.73. The van der Waals surface area contributed by atoms with Gasteiger partial charge in [-0.1, -0.05) is 29.8 Å². The van der Waals surface area contributed by atoms with Crippen LogP contribution in [0.1, 0.15) is 0 Å². The number of nitrogens with zero attached hydrogens (tertiary/aromatic N) is 1. The Morgan fingerprint density at radius 2 is 1.75 bits per heavy atom. The summed E-state index contributed by atoms with van der Waals surface area (Å²) in [5.41, 5.74) is 1.80. The highest BCUT2D eigenvalue weighted by atomic mass is 35.5. The number of rotatable bonds is 4. The zero-order valence-electron chi connectivity index (χ0n) is 10.8. The number of aliphatic hydroxyl groups is 1. The fraction of sp³-hybridized carbons (Fsp3) is 0.133. The van der Waals surface area contributed by atoms with Crippen LogP contribution < -0.4 is 10.2 Å². The minimum absolute atomic E-state index is 0.0251. The van der Waals surface area contributed by atoms with Crippen molar-refractivity contribution >= 4 is 40.3 Å². The van der Waals surface area contributed by atoms with E-state index in [1.54, 1.807) is 12.1 Å². The van der Waals surface area contributed by atoms with E-state index >= 15 is 0 Å². The second-order valence-corrected chi connectivity index (χ2v) is 4.97. The molecule has 0 aliphatic heterocycles. The largest absolute Gasteiger partial charge is 0.395 e. The Morgan fingerprint density at radius 1 is 1.10 bits per heavy atom. The lowest BCUT2D eigenvalue weighted by Gasteiger charge is -2.25. The van der Waals surface area contributed by atoms with Crippen LogP contribution in [0.5, 0.6) is 0 Å². The quantitative estimate of drug-likeness (QED) is 0.847. The Kier molecular flexibility index (Phi) is 5.35. The molecule has 2 aromatic carbocycles. The molecule has 0 aromatic heterocycles. The fourth-order valence-corrected chi connectivity index (χ4v) is 2.22. The van der Waals surface area contributed by atoms with E-state index in [2.05, 4.69) is 5.32 Å². The molecule has 0 bridgehead atoms. The van der Waals surface area contributed by atoms with Gasteiger partial charge in [0.25, 0.3) is 0 Å². The minimum atomic E-state index is 0.0251. The molecule has 0 saturated heterocycles. The Morgan fingerprint density at radius 3 is 2.35 bits per heavy atom. The molecule has 0 heterocycles. The number of aliphatic hydroxyl groups excluding tert-OH is 1. The summed E-state index contributed by atoms with van der Waals surface area (Å²) in [4.78, 5) is 1.85. The number of para-hydroxylation sites is 1. The molecule has 2 aromatic rings. The maximum absolute atomic E-state index is 9.20. The summed E-state index contributed by atoms with van der Waals surface area (Å²) in [6.45, 7) is 0.459. The highest BCUT2D eigenvalue weighted by Crippen LogP contribution is 2.17. The van der Waals surface area contributed by atoms with Crippen LogP contribution in [-0.4, -0.2) is 23.4 Å². The van der Waals surface area contributed by atoms with Gasteiger partial charge in [-0.05, 0) is 48.6 Å². The number of benzene rings is 2. The molecule has 0 saturated carbocycles. The fourth-order valence-electron chi connectivity index (χ4n) is 1.78. The van der Waals surface area contributed by atoms with E-state index < -0.39 is 0 Å². The molecule has 104 valence electrons. The number of anilines is 2. The standard InChI is InChI=1S/C15H15ClN2OS/c16-12-6-8-13(9-7-12)17-15(20)18(10-11-19)14-4-2-1-3-5-14/h1-9,19H,10-11H2,(H,17,20). The lowest BCUT2D eigenvalue weighted by Crippen LogP contribution is -2.36. The summed E-state index contributed by atoms with van der Waals surface area (Å²) in [7, 11) is 0. The lowest BCUT2D eigenvalue weighted by atomic mass is 10.3. The van der Waals surface area contributed by atoms with Gasteiger partial charge < -0.3 is 15.3 Å². The van der Waals surface area contributed by atoms with Gasteiger partial charge in [0.15, 0.2) is 5.11 Å². The Balaban J connectivity index is 2.13. The van der Waals surface area contributed by atoms with E-state index in [0.29, 0.717) is 16.7 Å². The van der Waals surface area contributed by atoms with E-state index in [0.717, 1.165) is 11.4 Å². The highest BCUT2D eigenvalue weighted by Gasteiger charge is 2.11. The van der Waals surface area contributed by atoms with Gasteiger partial charge >= 0.3 is 0 Å². The molecule has 2 N–H and O–H groups in total. The monoisotopic (exact) mass is 306 g/mol. The second-order valence-electron chi connectivity index (χ2n) is 4.15. The third-order valence-corrected chi connectivity index (χ3v) is 3.31. The summed E-state index contributed by atoms with van der Waals surface area (Å²) in [6, 6.07) is 17.0. The Bertz CT molecular complexity index is 560. The molecule has 3 nitrogen and oxygen atoms in total. The van der Waals surface area contributed by atoms with Gasteiger partial charge in [0.05, 0.1) is 6.61 Å². The summed E-state index contributed by atoms with van der Waals surface area (Å²) in [5, 5.41) is 13.6. The molecule has 0 amide bonds. The number of hydrogen-bond acceptors (Lipinski definition) is 2. The zero-order valence-corrected chi connectivity index (χ0v) is 12.4. The topological polar surface area (TPSA) is 35.5 Å². The smallest absolute Gasteiger partial charge is 0.178 e. The van der Waals surface area contributed by atoms with E-state index in [1.165, 1.54) is 0 Å². The predicted molar refractivity (Wildman–Crippen MR) is 88.5 cm³/mol. The van der Waals surface area contributed by atoms with Crippen molar-refractivity contribution in [2.24, 2.45) is 0 Å². The predicted octanol–water partition coefficient (Wildman–Crippen LogP) is 3.54. The van der Waals surface area contributed by atoms with Crippen molar-refractivity contribution in [3.05, 3.63) is 59.6 Å². The Labute approximate surface area is 128 Å². The second kappa shape index (κ2) is 7.24. The molecule has 0 spiro atoms. The summed E-state index contributed by atoms with van der Waals surface area (Å²) < 4.78 is 0. The molecule has 0 fully saturated rings. The molecule has 0 aliphatic rings. The molecular formula is C15H15ClN2OS. The first kappa shape index (κ1) is 14.8. The van der Waals surface area contributed by atoms with Crippen LogP contribution in [0.15, 0.2) is 54.6 Å². The van der Waals surface area contributed by atoms with Crippen LogP contribution in [0.25, 0.3) is 0 Å². The SMILES string of the molecule is OCCN(C(=S)Nc1ccc(Cl)cc1)c1ccccc1. The number of thiocarbonyl (C=S) groups is 1. The third kappa shape index (κ3) is 3.93. The van der Waals surface area contributed by atoms with Crippen LogP contribution >= 0.6 is 23.8 Å². The highest BCUT2D eigenvalue weighted by molar-refractivity contribution is 7.80. The maximum atomic E-state index is 9.20. The molecule has 2 rings (SSSR count). The minimum Gasteiger partial charge on any atom is -0.395 e.